The molecule has 0 radical (unpaired) electrons. The Balaban J connectivity index is 0.855. The maximum absolute atomic E-state index is 13.4. The van der Waals surface area contributed by atoms with E-state index in [0.717, 1.165) is 44.5 Å². The summed E-state index contributed by atoms with van der Waals surface area (Å²) in [5.41, 5.74) is 10.9. The summed E-state index contributed by atoms with van der Waals surface area (Å²) < 4.78 is 22.5. The fourth-order valence-corrected chi connectivity index (χ4v) is 8.96. The Morgan fingerprint density at radius 3 is 1.01 bits per heavy atom. The standard InChI is InChI=1S/C63H46N4O6/c1-61(2,3)47-31-27-45(28-32-47)57-66-64-55(72-57)43-23-17-39(18-24-43)13-9-11-15-41-21-35-49-50-36-22-42(38-52(50)63(51(49)37-41)53(59(68)70-7)54(63)60(69)71-8)16-12-10-14-40-19-25-44(26-20-40)56-65-67-58(73-56)46-29-33-48(34-30-46)62(4,5)6/h17-38H,1-8H3. The number of hydrogen-bond acceptors (Lipinski definition) is 10. The Bertz CT molecular complexity index is 3560. The van der Waals surface area contributed by atoms with Crippen molar-refractivity contribution in [1.82, 2.24) is 20.4 Å². The smallest absolute Gasteiger partial charge is 0.335 e. The minimum atomic E-state index is -1.22. The number of aromatic nitrogens is 4. The third-order valence-corrected chi connectivity index (χ3v) is 12.9. The van der Waals surface area contributed by atoms with E-state index in [4.69, 9.17) is 18.3 Å². The second-order valence-electron chi connectivity index (χ2n) is 19.6. The molecule has 10 nitrogen and oxygen atoms in total. The molecular formula is C63H46N4O6. The van der Waals surface area contributed by atoms with Gasteiger partial charge in [-0.25, -0.2) is 9.59 Å². The highest BCUT2D eigenvalue weighted by Crippen LogP contribution is 2.67. The number of nitrogens with zero attached hydrogens (tertiary/aromatic N) is 4. The van der Waals surface area contributed by atoms with Gasteiger partial charge in [0.05, 0.1) is 30.8 Å². The highest BCUT2D eigenvalue weighted by Gasteiger charge is 2.67. The van der Waals surface area contributed by atoms with Crippen molar-refractivity contribution in [3.8, 4) is 104 Å². The highest BCUT2D eigenvalue weighted by molar-refractivity contribution is 6.19. The summed E-state index contributed by atoms with van der Waals surface area (Å²) in [6, 6.07) is 42.7. The summed E-state index contributed by atoms with van der Waals surface area (Å²) in [6.07, 6.45) is 0. The molecule has 0 saturated heterocycles. The normalized spacial score (nSPS) is 12.7. The first-order valence-electron chi connectivity index (χ1n) is 23.5. The molecule has 1 spiro atoms. The van der Waals surface area contributed by atoms with Crippen molar-refractivity contribution in [2.75, 3.05) is 14.2 Å². The van der Waals surface area contributed by atoms with Gasteiger partial charge in [0.1, 0.15) is 0 Å². The van der Waals surface area contributed by atoms with Gasteiger partial charge in [0.2, 0.25) is 23.6 Å². The van der Waals surface area contributed by atoms with Crippen LogP contribution in [0.2, 0.25) is 0 Å². The van der Waals surface area contributed by atoms with Gasteiger partial charge >= 0.3 is 11.9 Å². The highest BCUT2D eigenvalue weighted by atomic mass is 16.5. The zero-order valence-electron chi connectivity index (χ0n) is 41.4. The number of rotatable bonds is 6. The van der Waals surface area contributed by atoms with Crippen molar-refractivity contribution in [2.45, 2.75) is 57.8 Å². The molecule has 0 saturated carbocycles. The van der Waals surface area contributed by atoms with Crippen LogP contribution in [-0.2, 0) is 35.3 Å². The van der Waals surface area contributed by atoms with Crippen molar-refractivity contribution in [1.29, 1.82) is 0 Å². The van der Waals surface area contributed by atoms with E-state index in [-0.39, 0.29) is 22.0 Å². The molecule has 6 aromatic carbocycles. The maximum Gasteiger partial charge on any atom is 0.335 e. The van der Waals surface area contributed by atoms with Gasteiger partial charge in [-0.1, -0.05) is 102 Å². The van der Waals surface area contributed by atoms with E-state index in [1.165, 1.54) is 25.3 Å². The number of ether oxygens (including phenoxy) is 2. The molecule has 0 atom stereocenters. The van der Waals surface area contributed by atoms with Crippen LogP contribution in [0.5, 0.6) is 0 Å². The van der Waals surface area contributed by atoms with Crippen LogP contribution < -0.4 is 0 Å². The first kappa shape index (κ1) is 47.2. The van der Waals surface area contributed by atoms with Crippen molar-refractivity contribution in [3.05, 3.63) is 189 Å². The van der Waals surface area contributed by atoms with Crippen LogP contribution in [0.1, 0.15) is 86.1 Å². The maximum atomic E-state index is 13.4. The zero-order chi connectivity index (χ0) is 51.1. The summed E-state index contributed by atoms with van der Waals surface area (Å²) in [5.74, 6) is 24.8. The van der Waals surface area contributed by atoms with Crippen LogP contribution in [-0.4, -0.2) is 46.6 Å². The largest absolute Gasteiger partial charge is 0.466 e. The molecule has 0 amide bonds. The van der Waals surface area contributed by atoms with Crippen LogP contribution in [0, 0.1) is 47.4 Å². The van der Waals surface area contributed by atoms with Crippen molar-refractivity contribution >= 4 is 11.9 Å². The van der Waals surface area contributed by atoms with E-state index in [9.17, 15) is 9.59 Å². The number of methoxy groups -OCH3 is 2. The summed E-state index contributed by atoms with van der Waals surface area (Å²) >= 11 is 0. The molecule has 0 fully saturated rings. The molecule has 354 valence electrons. The first-order valence-corrected chi connectivity index (χ1v) is 23.5. The summed E-state index contributed by atoms with van der Waals surface area (Å²) in [5, 5.41) is 17.1. The van der Waals surface area contributed by atoms with Gasteiger partial charge in [-0.05, 0) is 165 Å². The van der Waals surface area contributed by atoms with E-state index in [1.807, 2.05) is 109 Å². The summed E-state index contributed by atoms with van der Waals surface area (Å²) in [7, 11) is 2.58. The SMILES string of the molecule is COC(=O)C1=C(C(=O)OC)C12c1cc(C#CC#Cc3ccc(-c4nnc(-c5ccc(C(C)(C)C)cc5)o4)cc3)ccc1-c1ccc(C#CC#Cc3ccc(-c4nnc(-c5ccc(C(C)(C)C)cc5)o4)cc3)cc12. The molecule has 10 heteroatoms. The monoisotopic (exact) mass is 954 g/mol. The van der Waals surface area contributed by atoms with Gasteiger partial charge in [0.25, 0.3) is 0 Å². The zero-order valence-corrected chi connectivity index (χ0v) is 41.4. The molecular weight excluding hydrogens is 909 g/mol. The predicted molar refractivity (Wildman–Crippen MR) is 279 cm³/mol. The number of carbonyl (C=O) groups excluding carboxylic acids is 2. The number of esters is 2. The van der Waals surface area contributed by atoms with Crippen LogP contribution in [0.15, 0.2) is 153 Å². The second-order valence-corrected chi connectivity index (χ2v) is 19.6. The van der Waals surface area contributed by atoms with Crippen molar-refractivity contribution in [3.63, 3.8) is 0 Å². The quantitative estimate of drug-likeness (QED) is 0.117. The molecule has 2 aromatic heterocycles. The average Bonchev–Trinajstić information content (AvgIpc) is 3.73. The van der Waals surface area contributed by atoms with E-state index < -0.39 is 17.4 Å². The lowest BCUT2D eigenvalue weighted by Crippen LogP contribution is -2.19. The number of fused-ring (bicyclic) bond motifs is 5. The molecule has 0 unspecified atom stereocenters. The van der Waals surface area contributed by atoms with E-state index in [2.05, 4.69) is 134 Å². The minimum absolute atomic E-state index is 0.0432. The number of benzene rings is 6. The van der Waals surface area contributed by atoms with E-state index in [0.29, 0.717) is 45.8 Å². The van der Waals surface area contributed by atoms with Crippen LogP contribution in [0.25, 0.3) is 56.9 Å². The van der Waals surface area contributed by atoms with Gasteiger partial charge in [-0.15, -0.1) is 20.4 Å². The third kappa shape index (κ3) is 9.11. The molecule has 10 rings (SSSR count). The fraction of sp³-hybridized carbons (Fsp3) is 0.175. The molecule has 0 N–H and O–H groups in total. The van der Waals surface area contributed by atoms with E-state index in [1.54, 1.807) is 0 Å². The van der Waals surface area contributed by atoms with E-state index >= 15 is 0 Å². The predicted octanol–water partition coefficient (Wildman–Crippen LogP) is 11.4. The minimum Gasteiger partial charge on any atom is -0.466 e. The lowest BCUT2D eigenvalue weighted by Gasteiger charge is -2.18. The summed E-state index contributed by atoms with van der Waals surface area (Å²) in [6.45, 7) is 13.0. The van der Waals surface area contributed by atoms with Crippen LogP contribution in [0.4, 0.5) is 0 Å². The van der Waals surface area contributed by atoms with Gasteiger partial charge < -0.3 is 18.3 Å². The molecule has 2 aliphatic rings. The Hall–Kier alpha value is -9.48. The Kier molecular flexibility index (Phi) is 12.1. The lowest BCUT2D eigenvalue weighted by molar-refractivity contribution is -0.137. The Labute approximate surface area is 423 Å². The van der Waals surface area contributed by atoms with Gasteiger partial charge in [-0.3, -0.25) is 0 Å². The molecule has 2 heterocycles. The Morgan fingerprint density at radius 2 is 0.712 bits per heavy atom. The lowest BCUT2D eigenvalue weighted by atomic mass is 9.84. The Morgan fingerprint density at radius 1 is 0.425 bits per heavy atom. The van der Waals surface area contributed by atoms with Gasteiger partial charge in [0.15, 0.2) is 0 Å². The van der Waals surface area contributed by atoms with Crippen molar-refractivity contribution in [2.24, 2.45) is 0 Å². The molecule has 8 aromatic rings. The van der Waals surface area contributed by atoms with Crippen LogP contribution in [0.3, 0.4) is 0 Å². The third-order valence-electron chi connectivity index (χ3n) is 12.9. The van der Waals surface area contributed by atoms with Crippen LogP contribution >= 0.6 is 0 Å². The molecule has 0 aliphatic heterocycles. The average molecular weight is 955 g/mol. The van der Waals surface area contributed by atoms with Crippen molar-refractivity contribution < 1.29 is 27.9 Å². The topological polar surface area (TPSA) is 130 Å². The number of carbonyl (C=O) groups is 2. The number of hydrogen-bond donors (Lipinski definition) is 0. The summed E-state index contributed by atoms with van der Waals surface area (Å²) in [4.78, 5) is 26.9. The molecule has 0 bridgehead atoms. The van der Waals surface area contributed by atoms with Gasteiger partial charge in [0, 0.05) is 44.5 Å². The fourth-order valence-electron chi connectivity index (χ4n) is 8.96. The molecule has 2 aliphatic carbocycles. The molecule has 73 heavy (non-hydrogen) atoms. The first-order chi connectivity index (χ1) is 35.1. The second kappa shape index (κ2) is 18.7. The van der Waals surface area contributed by atoms with Gasteiger partial charge in [-0.2, -0.15) is 0 Å².